The van der Waals surface area contributed by atoms with Gasteiger partial charge in [-0.15, -0.1) is 11.8 Å². The zero-order valence-electron chi connectivity index (χ0n) is 14.9. The summed E-state index contributed by atoms with van der Waals surface area (Å²) in [6, 6.07) is 19.8. The largest absolute Gasteiger partial charge is 0.467 e. The summed E-state index contributed by atoms with van der Waals surface area (Å²) in [6.45, 7) is 0.374. The number of rotatable bonds is 7. The monoisotopic (exact) mass is 472 g/mol. The Balaban J connectivity index is 1.52. The average Bonchev–Trinajstić information content (AvgIpc) is 3.36. The molecular weight excluding hydrogens is 456 g/mol. The van der Waals surface area contributed by atoms with Gasteiger partial charge in [-0.05, 0) is 35.9 Å². The van der Waals surface area contributed by atoms with E-state index >= 15 is 0 Å². The van der Waals surface area contributed by atoms with Gasteiger partial charge in [-0.25, -0.2) is 4.98 Å². The lowest BCUT2D eigenvalue weighted by molar-refractivity contribution is -0.116. The van der Waals surface area contributed by atoms with E-state index in [1.165, 1.54) is 16.9 Å². The van der Waals surface area contributed by atoms with E-state index in [-0.39, 0.29) is 5.91 Å². The van der Waals surface area contributed by atoms with Crippen molar-refractivity contribution in [3.05, 3.63) is 82.7 Å². The molecule has 0 atom stereocenters. The Kier molecular flexibility index (Phi) is 6.14. The number of nitrogens with zero attached hydrogens (tertiary/aromatic N) is 2. The highest BCUT2D eigenvalue weighted by Crippen LogP contribution is 2.32. The number of hydrogen-bond donors (Lipinski definition) is 0. The van der Waals surface area contributed by atoms with Gasteiger partial charge in [-0.2, -0.15) is 0 Å². The molecule has 142 valence electrons. The smallest absolute Gasteiger partial charge is 0.239 e. The van der Waals surface area contributed by atoms with Gasteiger partial charge in [-0.3, -0.25) is 9.69 Å². The number of aromatic nitrogens is 1. The van der Waals surface area contributed by atoms with Crippen molar-refractivity contribution < 1.29 is 9.21 Å². The minimum atomic E-state index is 0.0236. The molecule has 7 heteroatoms. The van der Waals surface area contributed by atoms with Crippen molar-refractivity contribution in [1.82, 2.24) is 4.98 Å². The topological polar surface area (TPSA) is 46.3 Å². The predicted octanol–water partition coefficient (Wildman–Crippen LogP) is 6.12. The number of halogens is 1. The van der Waals surface area contributed by atoms with Crippen LogP contribution in [0.4, 0.5) is 5.13 Å². The quantitative estimate of drug-likeness (QED) is 0.325. The van der Waals surface area contributed by atoms with E-state index < -0.39 is 0 Å². The van der Waals surface area contributed by atoms with Crippen LogP contribution in [0.5, 0.6) is 0 Å². The zero-order chi connectivity index (χ0) is 19.3. The third kappa shape index (κ3) is 4.66. The molecule has 0 unspecified atom stereocenters. The molecule has 0 fully saturated rings. The van der Waals surface area contributed by atoms with Gasteiger partial charge in [-0.1, -0.05) is 57.6 Å². The molecule has 0 N–H and O–H groups in total. The molecule has 4 nitrogen and oxygen atoms in total. The van der Waals surface area contributed by atoms with Crippen LogP contribution in [-0.4, -0.2) is 16.6 Å². The molecule has 4 aromatic rings. The number of carbonyl (C=O) groups excluding carboxylic acids is 1. The maximum absolute atomic E-state index is 13.0. The number of thiazole rings is 1. The second kappa shape index (κ2) is 8.94. The number of benzene rings is 2. The van der Waals surface area contributed by atoms with Crippen LogP contribution in [0, 0.1) is 0 Å². The molecule has 2 aromatic heterocycles. The van der Waals surface area contributed by atoms with E-state index in [0.717, 1.165) is 26.2 Å². The van der Waals surface area contributed by atoms with Crippen LogP contribution in [0.2, 0.25) is 0 Å². The average molecular weight is 473 g/mol. The number of thioether (sulfide) groups is 1. The van der Waals surface area contributed by atoms with Crippen molar-refractivity contribution in [3.63, 3.8) is 0 Å². The summed E-state index contributed by atoms with van der Waals surface area (Å²) >= 11 is 6.61. The van der Waals surface area contributed by atoms with Crippen molar-refractivity contribution in [2.24, 2.45) is 0 Å². The fraction of sp³-hybridized carbons (Fsp3) is 0.143. The molecule has 0 saturated heterocycles. The van der Waals surface area contributed by atoms with Gasteiger partial charge < -0.3 is 4.42 Å². The summed E-state index contributed by atoms with van der Waals surface area (Å²) in [4.78, 5) is 19.4. The number of amides is 1. The van der Waals surface area contributed by atoms with Gasteiger partial charge in [0.25, 0.3) is 0 Å². The molecule has 2 heterocycles. The van der Waals surface area contributed by atoms with Crippen LogP contribution < -0.4 is 4.90 Å². The van der Waals surface area contributed by atoms with E-state index in [1.807, 2.05) is 48.5 Å². The molecule has 1 amide bonds. The second-order valence-corrected chi connectivity index (χ2v) is 9.06. The highest BCUT2D eigenvalue weighted by atomic mass is 79.9. The van der Waals surface area contributed by atoms with E-state index in [9.17, 15) is 4.79 Å². The van der Waals surface area contributed by atoms with Crippen molar-refractivity contribution in [2.75, 3.05) is 10.7 Å². The van der Waals surface area contributed by atoms with E-state index in [0.29, 0.717) is 17.4 Å². The molecule has 0 bridgehead atoms. The van der Waals surface area contributed by atoms with Gasteiger partial charge in [0.2, 0.25) is 5.91 Å². The number of hydrogen-bond acceptors (Lipinski definition) is 5. The molecule has 0 saturated carbocycles. The minimum absolute atomic E-state index is 0.0236. The molecule has 0 aliphatic rings. The summed E-state index contributed by atoms with van der Waals surface area (Å²) in [5.74, 6) is 1.95. The molecule has 4 rings (SSSR count). The molecule has 0 aliphatic carbocycles. The van der Waals surface area contributed by atoms with Crippen LogP contribution in [0.15, 0.2) is 75.8 Å². The normalized spacial score (nSPS) is 11.0. The summed E-state index contributed by atoms with van der Waals surface area (Å²) in [5.41, 5.74) is 2.10. The second-order valence-electron chi connectivity index (χ2n) is 6.15. The lowest BCUT2D eigenvalue weighted by atomic mass is 10.2. The number of anilines is 1. The standard InChI is InChI=1S/C21H17BrN2O2S2/c22-16-8-9-18-19(11-16)28-21(23-18)24(12-17-7-4-10-26-17)20(25)14-27-13-15-5-2-1-3-6-15/h1-11H,12-14H2. The molecule has 0 spiro atoms. The fourth-order valence-electron chi connectivity index (χ4n) is 2.73. The van der Waals surface area contributed by atoms with Crippen LogP contribution in [0.1, 0.15) is 11.3 Å². The molecule has 28 heavy (non-hydrogen) atoms. The summed E-state index contributed by atoms with van der Waals surface area (Å²) < 4.78 is 7.51. The van der Waals surface area contributed by atoms with E-state index in [4.69, 9.17) is 4.42 Å². The maximum atomic E-state index is 13.0. The van der Waals surface area contributed by atoms with Crippen molar-refractivity contribution in [2.45, 2.75) is 12.3 Å². The Morgan fingerprint density at radius 2 is 2.00 bits per heavy atom. The van der Waals surface area contributed by atoms with Crippen LogP contribution in [-0.2, 0) is 17.1 Å². The van der Waals surface area contributed by atoms with E-state index in [2.05, 4.69) is 33.0 Å². The Labute approximate surface area is 179 Å². The molecule has 0 radical (unpaired) electrons. The molecule has 0 aliphatic heterocycles. The SMILES string of the molecule is O=C(CSCc1ccccc1)N(Cc1ccco1)c1nc2ccc(Br)cc2s1. The molecular formula is C21H17BrN2O2S2. The maximum Gasteiger partial charge on any atom is 0.239 e. The van der Waals surface area contributed by atoms with Crippen molar-refractivity contribution in [1.29, 1.82) is 0 Å². The third-order valence-corrected chi connectivity index (χ3v) is 6.63. The first-order valence-electron chi connectivity index (χ1n) is 8.69. The van der Waals surface area contributed by atoms with Crippen LogP contribution in [0.3, 0.4) is 0 Å². The summed E-state index contributed by atoms with van der Waals surface area (Å²) in [7, 11) is 0. The van der Waals surface area contributed by atoms with Gasteiger partial charge in [0, 0.05) is 10.2 Å². The Morgan fingerprint density at radius 3 is 2.79 bits per heavy atom. The number of fused-ring (bicyclic) bond motifs is 1. The Hall–Kier alpha value is -2.09. The van der Waals surface area contributed by atoms with E-state index in [1.54, 1.807) is 22.9 Å². The first-order chi connectivity index (χ1) is 13.7. The van der Waals surface area contributed by atoms with Gasteiger partial charge in [0.15, 0.2) is 5.13 Å². The number of furan rings is 1. The number of carbonyl (C=O) groups is 1. The minimum Gasteiger partial charge on any atom is -0.467 e. The highest BCUT2D eigenvalue weighted by Gasteiger charge is 2.21. The third-order valence-electron chi connectivity index (χ3n) is 4.10. The van der Waals surface area contributed by atoms with Crippen LogP contribution >= 0.6 is 39.0 Å². The Morgan fingerprint density at radius 1 is 1.14 bits per heavy atom. The zero-order valence-corrected chi connectivity index (χ0v) is 18.1. The fourth-order valence-corrected chi connectivity index (χ4v) is 5.13. The first-order valence-corrected chi connectivity index (χ1v) is 11.5. The van der Waals surface area contributed by atoms with Gasteiger partial charge in [0.05, 0.1) is 28.8 Å². The van der Waals surface area contributed by atoms with Crippen molar-refractivity contribution >= 4 is 60.3 Å². The van der Waals surface area contributed by atoms with Crippen LogP contribution in [0.25, 0.3) is 10.2 Å². The summed E-state index contributed by atoms with van der Waals surface area (Å²) in [5, 5.41) is 0.690. The lowest BCUT2D eigenvalue weighted by Crippen LogP contribution is -2.31. The van der Waals surface area contributed by atoms with Gasteiger partial charge in [0.1, 0.15) is 5.76 Å². The first kappa shape index (κ1) is 19.2. The Bertz CT molecular complexity index is 1060. The van der Waals surface area contributed by atoms with Gasteiger partial charge >= 0.3 is 0 Å². The highest BCUT2D eigenvalue weighted by molar-refractivity contribution is 9.10. The predicted molar refractivity (Wildman–Crippen MR) is 120 cm³/mol. The van der Waals surface area contributed by atoms with Crippen molar-refractivity contribution in [3.8, 4) is 0 Å². The lowest BCUT2D eigenvalue weighted by Gasteiger charge is -2.18. The molecule has 2 aromatic carbocycles. The summed E-state index contributed by atoms with van der Waals surface area (Å²) in [6.07, 6.45) is 1.62.